The minimum Gasteiger partial charge on any atom is -0.489 e. The van der Waals surface area contributed by atoms with E-state index in [1.54, 1.807) is 13.8 Å². The Hall–Kier alpha value is -1.30. The van der Waals surface area contributed by atoms with Crippen LogP contribution >= 0.6 is 0 Å². The van der Waals surface area contributed by atoms with E-state index < -0.39 is 17.3 Å². The van der Waals surface area contributed by atoms with Gasteiger partial charge in [0.1, 0.15) is 17.9 Å². The van der Waals surface area contributed by atoms with Crippen molar-refractivity contribution in [3.05, 3.63) is 24.0 Å². The van der Waals surface area contributed by atoms with Crippen LogP contribution in [0.2, 0.25) is 0 Å². The lowest BCUT2D eigenvalue weighted by Gasteiger charge is -2.20. The van der Waals surface area contributed by atoms with Crippen molar-refractivity contribution < 1.29 is 17.9 Å². The van der Waals surface area contributed by atoms with E-state index in [4.69, 9.17) is 10.5 Å². The number of nitrogens with two attached hydrogens (primary N) is 1. The lowest BCUT2D eigenvalue weighted by Crippen LogP contribution is -2.39. The van der Waals surface area contributed by atoms with Crippen LogP contribution in [-0.2, 0) is 6.18 Å². The third-order valence-corrected chi connectivity index (χ3v) is 1.69. The molecule has 1 rings (SSSR count). The summed E-state index contributed by atoms with van der Waals surface area (Å²) >= 11 is 0. The predicted octanol–water partition coefficient (Wildman–Crippen LogP) is 2.22. The monoisotopic (exact) mass is 234 g/mol. The summed E-state index contributed by atoms with van der Waals surface area (Å²) in [5.74, 6) is -0.298. The van der Waals surface area contributed by atoms with Gasteiger partial charge in [0, 0.05) is 11.7 Å². The summed E-state index contributed by atoms with van der Waals surface area (Å²) in [6.07, 6.45) is -2.34. The molecule has 0 aliphatic heterocycles. The summed E-state index contributed by atoms with van der Waals surface area (Å²) in [6.45, 7) is 3.31. The standard InChI is InChI=1S/C10H13F3N2O/c1-9(2,14)6-16-8-5-15-4-3-7(8)10(11,12)13/h3-5H,6,14H2,1-2H3. The van der Waals surface area contributed by atoms with Gasteiger partial charge in [0.25, 0.3) is 0 Å². The number of halogens is 3. The van der Waals surface area contributed by atoms with Crippen LogP contribution in [0.5, 0.6) is 5.75 Å². The predicted molar refractivity (Wildman–Crippen MR) is 53.0 cm³/mol. The highest BCUT2D eigenvalue weighted by atomic mass is 19.4. The second-order valence-electron chi connectivity index (χ2n) is 4.15. The van der Waals surface area contributed by atoms with Crippen molar-refractivity contribution in [3.63, 3.8) is 0 Å². The fourth-order valence-corrected chi connectivity index (χ4v) is 0.993. The maximum absolute atomic E-state index is 12.5. The molecule has 0 atom stereocenters. The summed E-state index contributed by atoms with van der Waals surface area (Å²) in [6, 6.07) is 0.874. The molecule has 2 N–H and O–H groups in total. The summed E-state index contributed by atoms with van der Waals surface area (Å²) in [5.41, 5.74) is 4.08. The van der Waals surface area contributed by atoms with Crippen molar-refractivity contribution >= 4 is 0 Å². The molecule has 0 amide bonds. The summed E-state index contributed by atoms with van der Waals surface area (Å²) in [5, 5.41) is 0. The first-order chi connectivity index (χ1) is 7.20. The first kappa shape index (κ1) is 12.8. The molecule has 90 valence electrons. The maximum Gasteiger partial charge on any atom is 0.420 e. The molecule has 0 aromatic carbocycles. The van der Waals surface area contributed by atoms with Gasteiger partial charge in [-0.3, -0.25) is 4.98 Å². The molecule has 0 bridgehead atoms. The molecule has 0 aliphatic carbocycles. The van der Waals surface area contributed by atoms with Crippen LogP contribution in [0, 0.1) is 0 Å². The Balaban J connectivity index is 2.88. The second-order valence-corrected chi connectivity index (χ2v) is 4.15. The van der Waals surface area contributed by atoms with Crippen molar-refractivity contribution in [1.29, 1.82) is 0 Å². The van der Waals surface area contributed by atoms with E-state index in [1.807, 2.05) is 0 Å². The Morgan fingerprint density at radius 3 is 2.50 bits per heavy atom. The zero-order valence-corrected chi connectivity index (χ0v) is 9.01. The molecule has 0 saturated carbocycles. The van der Waals surface area contributed by atoms with E-state index in [0.29, 0.717) is 0 Å². The quantitative estimate of drug-likeness (QED) is 0.872. The average molecular weight is 234 g/mol. The van der Waals surface area contributed by atoms with Crippen LogP contribution in [0.4, 0.5) is 13.2 Å². The number of ether oxygens (including phenoxy) is 1. The second kappa shape index (κ2) is 4.29. The van der Waals surface area contributed by atoms with Gasteiger partial charge in [0.05, 0.1) is 6.20 Å². The molecule has 0 fully saturated rings. The van der Waals surface area contributed by atoms with Crippen LogP contribution in [0.15, 0.2) is 18.5 Å². The molecule has 1 heterocycles. The van der Waals surface area contributed by atoms with Crippen molar-refractivity contribution in [2.75, 3.05) is 6.61 Å². The van der Waals surface area contributed by atoms with Crippen LogP contribution in [0.1, 0.15) is 19.4 Å². The molecular formula is C10H13F3N2O. The molecule has 16 heavy (non-hydrogen) atoms. The van der Waals surface area contributed by atoms with E-state index in [-0.39, 0.29) is 12.4 Å². The van der Waals surface area contributed by atoms with Crippen molar-refractivity contribution in [2.45, 2.75) is 25.6 Å². The Morgan fingerprint density at radius 1 is 1.38 bits per heavy atom. The van der Waals surface area contributed by atoms with E-state index in [2.05, 4.69) is 4.98 Å². The number of aromatic nitrogens is 1. The fourth-order valence-electron chi connectivity index (χ4n) is 0.993. The lowest BCUT2D eigenvalue weighted by atomic mass is 10.1. The first-order valence-electron chi connectivity index (χ1n) is 4.63. The van der Waals surface area contributed by atoms with Gasteiger partial charge in [-0.25, -0.2) is 0 Å². The molecule has 1 aromatic heterocycles. The third kappa shape index (κ3) is 3.69. The molecule has 3 nitrogen and oxygen atoms in total. The first-order valence-corrected chi connectivity index (χ1v) is 4.63. The van der Waals surface area contributed by atoms with E-state index in [1.165, 1.54) is 0 Å². The van der Waals surface area contributed by atoms with Gasteiger partial charge in [-0.15, -0.1) is 0 Å². The largest absolute Gasteiger partial charge is 0.489 e. The normalized spacial score (nSPS) is 12.6. The van der Waals surface area contributed by atoms with Gasteiger partial charge in [0.15, 0.2) is 0 Å². The van der Waals surface area contributed by atoms with Gasteiger partial charge in [-0.05, 0) is 19.9 Å². The van der Waals surface area contributed by atoms with Crippen LogP contribution in [0.25, 0.3) is 0 Å². The van der Waals surface area contributed by atoms with Gasteiger partial charge in [0.2, 0.25) is 0 Å². The molecule has 1 aromatic rings. The molecule has 0 saturated heterocycles. The minimum absolute atomic E-state index is 0.0121. The number of rotatable bonds is 3. The highest BCUT2D eigenvalue weighted by Crippen LogP contribution is 2.35. The Bertz CT molecular complexity index is 358. The molecular weight excluding hydrogens is 221 g/mol. The Kier molecular flexibility index (Phi) is 3.42. The topological polar surface area (TPSA) is 48.1 Å². The van der Waals surface area contributed by atoms with Crippen LogP contribution in [0.3, 0.4) is 0 Å². The summed E-state index contributed by atoms with van der Waals surface area (Å²) < 4.78 is 42.6. The number of pyridine rings is 1. The highest BCUT2D eigenvalue weighted by molar-refractivity contribution is 5.32. The SMILES string of the molecule is CC(C)(N)COc1cnccc1C(F)(F)F. The maximum atomic E-state index is 12.5. The average Bonchev–Trinajstić information content (AvgIpc) is 2.12. The van der Waals surface area contributed by atoms with Gasteiger partial charge >= 0.3 is 6.18 Å². The molecule has 0 unspecified atom stereocenters. The summed E-state index contributed by atoms with van der Waals surface area (Å²) in [4.78, 5) is 3.59. The highest BCUT2D eigenvalue weighted by Gasteiger charge is 2.34. The number of nitrogens with zero attached hydrogens (tertiary/aromatic N) is 1. The zero-order valence-electron chi connectivity index (χ0n) is 9.01. The van der Waals surface area contributed by atoms with Gasteiger partial charge < -0.3 is 10.5 Å². The number of alkyl halides is 3. The van der Waals surface area contributed by atoms with Crippen LogP contribution in [-0.4, -0.2) is 17.1 Å². The van der Waals surface area contributed by atoms with Crippen molar-refractivity contribution in [2.24, 2.45) is 5.73 Å². The lowest BCUT2D eigenvalue weighted by molar-refractivity contribution is -0.139. The van der Waals surface area contributed by atoms with Crippen molar-refractivity contribution in [3.8, 4) is 5.75 Å². The summed E-state index contributed by atoms with van der Waals surface area (Å²) in [7, 11) is 0. The minimum atomic E-state index is -4.45. The van der Waals surface area contributed by atoms with E-state index in [0.717, 1.165) is 18.5 Å². The molecule has 0 spiro atoms. The third-order valence-electron chi connectivity index (χ3n) is 1.69. The van der Waals surface area contributed by atoms with E-state index in [9.17, 15) is 13.2 Å². The molecule has 0 aliphatic rings. The fraction of sp³-hybridized carbons (Fsp3) is 0.500. The smallest absolute Gasteiger partial charge is 0.420 e. The van der Waals surface area contributed by atoms with Gasteiger partial charge in [-0.1, -0.05) is 0 Å². The Morgan fingerprint density at radius 2 is 2.00 bits per heavy atom. The number of hydrogen-bond donors (Lipinski definition) is 1. The zero-order chi connectivity index (χ0) is 12.4. The van der Waals surface area contributed by atoms with Crippen LogP contribution < -0.4 is 10.5 Å². The number of hydrogen-bond acceptors (Lipinski definition) is 3. The molecule has 6 heteroatoms. The van der Waals surface area contributed by atoms with Gasteiger partial charge in [-0.2, -0.15) is 13.2 Å². The molecule has 0 radical (unpaired) electrons. The van der Waals surface area contributed by atoms with E-state index >= 15 is 0 Å². The van der Waals surface area contributed by atoms with Crippen molar-refractivity contribution in [1.82, 2.24) is 4.98 Å². The Labute approximate surface area is 91.4 Å².